The number of para-hydroxylation sites is 1. The zero-order chi connectivity index (χ0) is 17.6. The molecule has 1 aliphatic rings. The van der Waals surface area contributed by atoms with E-state index in [1.54, 1.807) is 11.6 Å². The number of nitrogens with one attached hydrogen (secondary N) is 1. The van der Waals surface area contributed by atoms with Gasteiger partial charge in [-0.1, -0.05) is 38.8 Å². The second-order valence-electron chi connectivity index (χ2n) is 7.39. The summed E-state index contributed by atoms with van der Waals surface area (Å²) in [5.74, 6) is 2.86. The summed E-state index contributed by atoms with van der Waals surface area (Å²) >= 11 is 0. The highest BCUT2D eigenvalue weighted by atomic mass is 16.1. The number of hydrogen-bond donors (Lipinski definition) is 1. The topological polar surface area (TPSA) is 64.2 Å². The largest absolute Gasteiger partial charge is 0.307 e. The van der Waals surface area contributed by atoms with Crippen LogP contribution >= 0.6 is 0 Å². The van der Waals surface area contributed by atoms with Crippen LogP contribution in [0.5, 0.6) is 0 Å². The van der Waals surface area contributed by atoms with E-state index in [0.29, 0.717) is 29.7 Å². The maximum atomic E-state index is 12.5. The van der Waals surface area contributed by atoms with Gasteiger partial charge in [0.2, 0.25) is 5.78 Å². The standard InChI is InChI=1S/C19H25N5O/c1-12-7-6-9-15(13(12)2)20-11-17-21-22-19-23(3)18(25)14-8-4-5-10-16(14)24(17)19/h4-5,8,10,12-13,15,20H,6-7,9,11H2,1-3H3/t12-,13+,15-/m1/s1. The predicted molar refractivity (Wildman–Crippen MR) is 98.5 cm³/mol. The molecule has 25 heavy (non-hydrogen) atoms. The first-order valence-electron chi connectivity index (χ1n) is 9.13. The molecule has 4 rings (SSSR count). The second kappa shape index (κ2) is 6.26. The molecular weight excluding hydrogens is 314 g/mol. The molecule has 2 aromatic heterocycles. The fourth-order valence-electron chi connectivity index (χ4n) is 4.10. The molecule has 0 radical (unpaired) electrons. The summed E-state index contributed by atoms with van der Waals surface area (Å²) in [6, 6.07) is 8.17. The fraction of sp³-hybridized carbons (Fsp3) is 0.526. The SMILES string of the molecule is C[C@H]1[C@H](C)CCC[C@H]1NCc1nnc2n(C)c(=O)c3ccccc3n12. The molecule has 1 aliphatic carbocycles. The molecule has 3 aromatic rings. The van der Waals surface area contributed by atoms with Crippen LogP contribution in [0.25, 0.3) is 16.7 Å². The monoisotopic (exact) mass is 339 g/mol. The van der Waals surface area contributed by atoms with E-state index in [1.165, 1.54) is 19.3 Å². The lowest BCUT2D eigenvalue weighted by molar-refractivity contribution is 0.205. The van der Waals surface area contributed by atoms with Crippen molar-refractivity contribution in [2.45, 2.75) is 45.7 Å². The van der Waals surface area contributed by atoms with Crippen molar-refractivity contribution >= 4 is 16.7 Å². The van der Waals surface area contributed by atoms with E-state index in [2.05, 4.69) is 29.4 Å². The van der Waals surface area contributed by atoms with Crippen LogP contribution in [0.1, 0.15) is 38.9 Å². The smallest absolute Gasteiger partial charge is 0.262 e. The summed E-state index contributed by atoms with van der Waals surface area (Å²) in [5.41, 5.74) is 0.831. The molecule has 0 spiro atoms. The van der Waals surface area contributed by atoms with E-state index >= 15 is 0 Å². The summed E-state index contributed by atoms with van der Waals surface area (Å²) < 4.78 is 3.57. The van der Waals surface area contributed by atoms with Gasteiger partial charge in [0.1, 0.15) is 0 Å². The Hall–Kier alpha value is -2.21. The number of nitrogens with zero attached hydrogens (tertiary/aromatic N) is 4. The van der Waals surface area contributed by atoms with Crippen LogP contribution in [0.2, 0.25) is 0 Å². The number of benzene rings is 1. The molecule has 1 fully saturated rings. The Morgan fingerprint density at radius 3 is 2.84 bits per heavy atom. The third-order valence-corrected chi connectivity index (χ3v) is 5.92. The third kappa shape index (κ3) is 2.65. The summed E-state index contributed by atoms with van der Waals surface area (Å²) in [5, 5.41) is 13.0. The van der Waals surface area contributed by atoms with E-state index in [9.17, 15) is 4.79 Å². The van der Waals surface area contributed by atoms with Gasteiger partial charge >= 0.3 is 0 Å². The molecule has 0 aliphatic heterocycles. The highest BCUT2D eigenvalue weighted by molar-refractivity contribution is 5.80. The first-order valence-corrected chi connectivity index (χ1v) is 9.13. The summed E-state index contributed by atoms with van der Waals surface area (Å²) in [6.45, 7) is 5.34. The molecule has 0 bridgehead atoms. The van der Waals surface area contributed by atoms with E-state index in [4.69, 9.17) is 0 Å². The van der Waals surface area contributed by atoms with Gasteiger partial charge in [0.15, 0.2) is 5.82 Å². The van der Waals surface area contributed by atoms with Crippen LogP contribution in [0, 0.1) is 11.8 Å². The number of rotatable bonds is 3. The van der Waals surface area contributed by atoms with Crippen LogP contribution in [0.4, 0.5) is 0 Å². The maximum absolute atomic E-state index is 12.5. The Kier molecular flexibility index (Phi) is 4.07. The van der Waals surface area contributed by atoms with Gasteiger partial charge in [-0.3, -0.25) is 13.8 Å². The van der Waals surface area contributed by atoms with Crippen molar-refractivity contribution in [2.24, 2.45) is 18.9 Å². The van der Waals surface area contributed by atoms with Crippen molar-refractivity contribution in [2.75, 3.05) is 0 Å². The minimum atomic E-state index is -0.0373. The Balaban J connectivity index is 1.72. The Morgan fingerprint density at radius 1 is 1.20 bits per heavy atom. The van der Waals surface area contributed by atoms with Crippen LogP contribution in [-0.2, 0) is 13.6 Å². The molecule has 6 heteroatoms. The molecule has 0 saturated heterocycles. The number of hydrogen-bond acceptors (Lipinski definition) is 4. The van der Waals surface area contributed by atoms with Gasteiger partial charge in [0, 0.05) is 13.1 Å². The van der Waals surface area contributed by atoms with Gasteiger partial charge in [0.25, 0.3) is 5.56 Å². The van der Waals surface area contributed by atoms with Crippen molar-refractivity contribution in [3.8, 4) is 0 Å². The van der Waals surface area contributed by atoms with Crippen molar-refractivity contribution in [1.82, 2.24) is 24.5 Å². The molecule has 0 amide bonds. The van der Waals surface area contributed by atoms with Gasteiger partial charge in [-0.25, -0.2) is 0 Å². The molecule has 3 atom stereocenters. The minimum Gasteiger partial charge on any atom is -0.307 e. The van der Waals surface area contributed by atoms with Crippen LogP contribution < -0.4 is 10.9 Å². The first kappa shape index (κ1) is 16.3. The quantitative estimate of drug-likeness (QED) is 0.796. The van der Waals surface area contributed by atoms with Crippen LogP contribution in [-0.4, -0.2) is 25.2 Å². The molecule has 0 unspecified atom stereocenters. The lowest BCUT2D eigenvalue weighted by Crippen LogP contribution is -2.40. The average Bonchev–Trinajstić information content (AvgIpc) is 3.05. The molecular formula is C19H25N5O. The van der Waals surface area contributed by atoms with E-state index in [-0.39, 0.29) is 5.56 Å². The van der Waals surface area contributed by atoms with Gasteiger partial charge in [-0.05, 0) is 30.4 Å². The molecule has 1 N–H and O–H groups in total. The lowest BCUT2D eigenvalue weighted by Gasteiger charge is -2.34. The Bertz CT molecular complexity index is 973. The molecule has 1 aromatic carbocycles. The summed E-state index contributed by atoms with van der Waals surface area (Å²) in [7, 11) is 1.75. The van der Waals surface area contributed by atoms with E-state index < -0.39 is 0 Å². The van der Waals surface area contributed by atoms with Crippen molar-refractivity contribution in [3.05, 3.63) is 40.4 Å². The lowest BCUT2D eigenvalue weighted by atomic mass is 9.78. The third-order valence-electron chi connectivity index (χ3n) is 5.92. The highest BCUT2D eigenvalue weighted by Crippen LogP contribution is 2.29. The molecule has 1 saturated carbocycles. The maximum Gasteiger partial charge on any atom is 0.262 e. The highest BCUT2D eigenvalue weighted by Gasteiger charge is 2.27. The number of aryl methyl sites for hydroxylation is 1. The van der Waals surface area contributed by atoms with Gasteiger partial charge < -0.3 is 5.32 Å². The van der Waals surface area contributed by atoms with E-state index in [1.807, 2.05) is 28.7 Å². The minimum absolute atomic E-state index is 0.0373. The average molecular weight is 339 g/mol. The van der Waals surface area contributed by atoms with Gasteiger partial charge in [-0.2, -0.15) is 0 Å². The molecule has 6 nitrogen and oxygen atoms in total. The Morgan fingerprint density at radius 2 is 2.00 bits per heavy atom. The van der Waals surface area contributed by atoms with Crippen molar-refractivity contribution in [3.63, 3.8) is 0 Å². The molecule has 132 valence electrons. The van der Waals surface area contributed by atoms with Crippen LogP contribution in [0.3, 0.4) is 0 Å². The summed E-state index contributed by atoms with van der Waals surface area (Å²) in [4.78, 5) is 12.5. The first-order chi connectivity index (χ1) is 12.1. The normalized spacial score (nSPS) is 24.2. The Labute approximate surface area is 146 Å². The van der Waals surface area contributed by atoms with Gasteiger partial charge in [-0.15, -0.1) is 10.2 Å². The van der Waals surface area contributed by atoms with Crippen LogP contribution in [0.15, 0.2) is 29.1 Å². The second-order valence-corrected chi connectivity index (χ2v) is 7.39. The predicted octanol–water partition coefficient (Wildman–Crippen LogP) is 2.50. The van der Waals surface area contributed by atoms with Crippen molar-refractivity contribution < 1.29 is 0 Å². The zero-order valence-electron chi connectivity index (χ0n) is 15.1. The number of aromatic nitrogens is 4. The fourth-order valence-corrected chi connectivity index (χ4v) is 4.10. The summed E-state index contributed by atoms with van der Waals surface area (Å²) in [6.07, 6.45) is 3.81. The number of fused-ring (bicyclic) bond motifs is 3. The van der Waals surface area contributed by atoms with Crippen molar-refractivity contribution in [1.29, 1.82) is 0 Å². The van der Waals surface area contributed by atoms with Gasteiger partial charge in [0.05, 0.1) is 17.4 Å². The zero-order valence-corrected chi connectivity index (χ0v) is 15.1. The van der Waals surface area contributed by atoms with E-state index in [0.717, 1.165) is 17.3 Å². The molecule has 2 heterocycles.